The molecule has 1 aliphatic rings. The lowest BCUT2D eigenvalue weighted by atomic mass is 9.88. The number of nitrogens with zero attached hydrogens (tertiary/aromatic N) is 3. The Morgan fingerprint density at radius 2 is 2.08 bits per heavy atom. The molecule has 1 N–H and O–H groups in total. The van der Waals surface area contributed by atoms with Crippen LogP contribution in [0.5, 0.6) is 0 Å². The molecule has 4 rings (SSSR count). The minimum absolute atomic E-state index is 0.109. The molecular weight excluding hydrogens is 335 g/mol. The predicted molar refractivity (Wildman–Crippen MR) is 95.7 cm³/mol. The van der Waals surface area contributed by atoms with Crippen LogP contribution in [0.3, 0.4) is 0 Å². The normalized spacial score (nSPS) is 16.5. The fourth-order valence-corrected chi connectivity index (χ4v) is 3.46. The molecule has 0 bridgehead atoms. The van der Waals surface area contributed by atoms with E-state index in [0.717, 1.165) is 30.5 Å². The summed E-state index contributed by atoms with van der Waals surface area (Å²) in [4.78, 5) is 25.1. The van der Waals surface area contributed by atoms with Crippen LogP contribution >= 0.6 is 0 Å². The van der Waals surface area contributed by atoms with E-state index in [0.29, 0.717) is 17.1 Å². The summed E-state index contributed by atoms with van der Waals surface area (Å²) in [5, 5.41) is 7.18. The molecule has 1 atom stereocenters. The largest absolute Gasteiger partial charge is 0.325 e. The van der Waals surface area contributed by atoms with Crippen molar-refractivity contribution in [2.75, 3.05) is 5.32 Å². The third-order valence-electron chi connectivity index (χ3n) is 4.81. The minimum Gasteiger partial charge on any atom is -0.325 e. The number of anilines is 1. The molecule has 1 aliphatic carbocycles. The average molecular weight is 354 g/mol. The van der Waals surface area contributed by atoms with Crippen molar-refractivity contribution in [1.29, 1.82) is 0 Å². The summed E-state index contributed by atoms with van der Waals surface area (Å²) in [5.74, 6) is -0.195. The van der Waals surface area contributed by atoms with E-state index in [1.54, 1.807) is 16.9 Å². The quantitative estimate of drug-likeness (QED) is 0.785. The van der Waals surface area contributed by atoms with E-state index in [4.69, 9.17) is 0 Å². The molecule has 2 aromatic heterocycles. The Bertz CT molecular complexity index is 1040. The third kappa shape index (κ3) is 3.00. The Hall–Kier alpha value is -2.96. The smallest absolute Gasteiger partial charge is 0.277 e. The zero-order valence-electron chi connectivity index (χ0n) is 14.4. The van der Waals surface area contributed by atoms with Crippen LogP contribution < -0.4 is 10.9 Å². The van der Waals surface area contributed by atoms with Gasteiger partial charge in [0.25, 0.3) is 5.56 Å². The Morgan fingerprint density at radius 3 is 2.85 bits per heavy atom. The SMILES string of the molecule is C[C@H]1CCc2nn3ccn(CC(=O)Nc4ccc(F)cc4)c(=O)c3c2C1. The highest BCUT2D eigenvalue weighted by Crippen LogP contribution is 2.26. The third-order valence-corrected chi connectivity index (χ3v) is 4.81. The van der Waals surface area contributed by atoms with E-state index in [1.807, 2.05) is 0 Å². The van der Waals surface area contributed by atoms with Gasteiger partial charge in [0.15, 0.2) is 0 Å². The number of carbonyl (C=O) groups is 1. The summed E-state index contributed by atoms with van der Waals surface area (Å²) in [6.07, 6.45) is 6.07. The molecule has 3 aromatic rings. The second-order valence-corrected chi connectivity index (χ2v) is 6.85. The molecule has 0 saturated carbocycles. The van der Waals surface area contributed by atoms with Crippen LogP contribution in [0.2, 0.25) is 0 Å². The van der Waals surface area contributed by atoms with Gasteiger partial charge in [0, 0.05) is 23.6 Å². The highest BCUT2D eigenvalue weighted by Gasteiger charge is 2.23. The Kier molecular flexibility index (Phi) is 4.06. The standard InChI is InChI=1S/C19H19FN4O2/c1-12-2-7-16-15(10-12)18-19(26)23(8-9-24(18)22-16)11-17(25)21-14-5-3-13(20)4-6-14/h3-6,8-9,12H,2,7,10-11H2,1H3,(H,21,25)/t12-/m0/s1. The van der Waals surface area contributed by atoms with Crippen LogP contribution in [0.1, 0.15) is 24.6 Å². The monoisotopic (exact) mass is 354 g/mol. The lowest BCUT2D eigenvalue weighted by Gasteiger charge is -2.16. The van der Waals surface area contributed by atoms with Gasteiger partial charge in [-0.05, 0) is 49.4 Å². The fraction of sp³-hybridized carbons (Fsp3) is 0.316. The number of hydrogen-bond donors (Lipinski definition) is 1. The molecule has 6 nitrogen and oxygen atoms in total. The number of nitrogens with one attached hydrogen (secondary N) is 1. The topological polar surface area (TPSA) is 68.4 Å². The average Bonchev–Trinajstić information content (AvgIpc) is 2.98. The highest BCUT2D eigenvalue weighted by atomic mass is 19.1. The van der Waals surface area contributed by atoms with Crippen LogP contribution in [0.25, 0.3) is 5.52 Å². The fourth-order valence-electron chi connectivity index (χ4n) is 3.46. The molecule has 7 heteroatoms. The van der Waals surface area contributed by atoms with Crippen molar-refractivity contribution in [1.82, 2.24) is 14.2 Å². The number of aromatic nitrogens is 3. The van der Waals surface area contributed by atoms with Crippen molar-refractivity contribution in [3.05, 3.63) is 64.1 Å². The van der Waals surface area contributed by atoms with Crippen molar-refractivity contribution in [2.24, 2.45) is 5.92 Å². The number of fused-ring (bicyclic) bond motifs is 3. The first kappa shape index (κ1) is 16.5. The van der Waals surface area contributed by atoms with E-state index in [2.05, 4.69) is 17.3 Å². The molecule has 26 heavy (non-hydrogen) atoms. The summed E-state index contributed by atoms with van der Waals surface area (Å²) >= 11 is 0. The Balaban J connectivity index is 1.61. The summed E-state index contributed by atoms with van der Waals surface area (Å²) in [6, 6.07) is 5.50. The number of rotatable bonds is 3. The molecule has 0 spiro atoms. The second-order valence-electron chi connectivity index (χ2n) is 6.85. The number of carbonyl (C=O) groups excluding carboxylic acids is 1. The molecule has 0 radical (unpaired) electrons. The Labute approximate surface area is 149 Å². The summed E-state index contributed by atoms with van der Waals surface area (Å²) in [7, 11) is 0. The van der Waals surface area contributed by atoms with E-state index in [-0.39, 0.29) is 23.8 Å². The zero-order chi connectivity index (χ0) is 18.3. The molecule has 0 aliphatic heterocycles. The first-order chi connectivity index (χ1) is 12.5. The van der Waals surface area contributed by atoms with Crippen molar-refractivity contribution < 1.29 is 9.18 Å². The van der Waals surface area contributed by atoms with Gasteiger partial charge in [0.2, 0.25) is 5.91 Å². The summed E-state index contributed by atoms with van der Waals surface area (Å²) in [6.45, 7) is 2.06. The lowest BCUT2D eigenvalue weighted by Crippen LogP contribution is -2.28. The predicted octanol–water partition coefficient (Wildman–Crippen LogP) is 2.40. The second kappa shape index (κ2) is 6.40. The van der Waals surface area contributed by atoms with Crippen LogP contribution in [0, 0.1) is 11.7 Å². The van der Waals surface area contributed by atoms with Crippen molar-refractivity contribution >= 4 is 17.1 Å². The maximum Gasteiger partial charge on any atom is 0.277 e. The minimum atomic E-state index is -0.371. The van der Waals surface area contributed by atoms with Crippen LogP contribution in [0.4, 0.5) is 10.1 Å². The molecule has 0 saturated heterocycles. The first-order valence-corrected chi connectivity index (χ1v) is 8.66. The van der Waals surface area contributed by atoms with Gasteiger partial charge >= 0.3 is 0 Å². The molecule has 0 fully saturated rings. The van der Waals surface area contributed by atoms with Crippen molar-refractivity contribution in [3.63, 3.8) is 0 Å². The zero-order valence-corrected chi connectivity index (χ0v) is 14.4. The van der Waals surface area contributed by atoms with Crippen LogP contribution in [-0.2, 0) is 24.2 Å². The Morgan fingerprint density at radius 1 is 1.31 bits per heavy atom. The maximum absolute atomic E-state index is 12.9. The number of halogens is 1. The molecule has 2 heterocycles. The summed E-state index contributed by atoms with van der Waals surface area (Å²) in [5.41, 5.74) is 2.81. The molecule has 134 valence electrons. The number of aryl methyl sites for hydroxylation is 1. The first-order valence-electron chi connectivity index (χ1n) is 8.66. The van der Waals surface area contributed by atoms with Gasteiger partial charge in [-0.25, -0.2) is 8.91 Å². The van der Waals surface area contributed by atoms with Gasteiger partial charge in [-0.15, -0.1) is 0 Å². The molecule has 1 amide bonds. The van der Waals surface area contributed by atoms with Gasteiger partial charge in [-0.1, -0.05) is 6.92 Å². The molecule has 1 aromatic carbocycles. The molecule has 0 unspecified atom stereocenters. The highest BCUT2D eigenvalue weighted by molar-refractivity contribution is 5.90. The maximum atomic E-state index is 12.9. The number of benzene rings is 1. The van der Waals surface area contributed by atoms with E-state index in [1.165, 1.54) is 28.8 Å². The van der Waals surface area contributed by atoms with Gasteiger partial charge in [0.05, 0.1) is 5.69 Å². The van der Waals surface area contributed by atoms with Gasteiger partial charge in [0.1, 0.15) is 17.9 Å². The van der Waals surface area contributed by atoms with Crippen LogP contribution in [0.15, 0.2) is 41.5 Å². The van der Waals surface area contributed by atoms with Crippen molar-refractivity contribution in [3.8, 4) is 0 Å². The molecular formula is C19H19FN4O2. The van der Waals surface area contributed by atoms with E-state index < -0.39 is 0 Å². The van der Waals surface area contributed by atoms with E-state index in [9.17, 15) is 14.0 Å². The number of hydrogen-bond acceptors (Lipinski definition) is 3. The van der Waals surface area contributed by atoms with Gasteiger partial charge < -0.3 is 9.88 Å². The van der Waals surface area contributed by atoms with Crippen LogP contribution in [-0.4, -0.2) is 20.1 Å². The summed E-state index contributed by atoms with van der Waals surface area (Å²) < 4.78 is 15.9. The van der Waals surface area contributed by atoms with Gasteiger partial charge in [-0.3, -0.25) is 9.59 Å². The lowest BCUT2D eigenvalue weighted by molar-refractivity contribution is -0.116. The van der Waals surface area contributed by atoms with Gasteiger partial charge in [-0.2, -0.15) is 5.10 Å². The van der Waals surface area contributed by atoms with Crippen molar-refractivity contribution in [2.45, 2.75) is 32.7 Å². The number of amides is 1. The van der Waals surface area contributed by atoms with E-state index >= 15 is 0 Å².